The fourth-order valence-corrected chi connectivity index (χ4v) is 2.37. The lowest BCUT2D eigenvalue weighted by molar-refractivity contribution is 0.432. The standard InChI is InChI=1S/C13H11N3OS/c1-8-9(4-2-5-10(8)14)13-15-12(16-17-13)11-6-3-7-18-11/h2-7H,14H2,1H3. The van der Waals surface area contributed by atoms with Gasteiger partial charge in [-0.25, -0.2) is 0 Å². The lowest BCUT2D eigenvalue weighted by Crippen LogP contribution is -1.91. The maximum Gasteiger partial charge on any atom is 0.258 e. The summed E-state index contributed by atoms with van der Waals surface area (Å²) in [5, 5.41) is 5.97. The first-order valence-corrected chi connectivity index (χ1v) is 6.37. The van der Waals surface area contributed by atoms with Crippen LogP contribution in [0.5, 0.6) is 0 Å². The SMILES string of the molecule is Cc1c(N)cccc1-c1nc(-c2cccs2)no1. The van der Waals surface area contributed by atoms with Gasteiger partial charge in [-0.2, -0.15) is 4.98 Å². The van der Waals surface area contributed by atoms with E-state index in [9.17, 15) is 0 Å². The van der Waals surface area contributed by atoms with Crippen molar-refractivity contribution in [2.24, 2.45) is 0 Å². The monoisotopic (exact) mass is 257 g/mol. The maximum atomic E-state index is 5.87. The Morgan fingerprint density at radius 3 is 2.89 bits per heavy atom. The van der Waals surface area contributed by atoms with Gasteiger partial charge in [0.05, 0.1) is 4.88 Å². The van der Waals surface area contributed by atoms with Crippen molar-refractivity contribution in [1.82, 2.24) is 10.1 Å². The molecule has 3 rings (SSSR count). The van der Waals surface area contributed by atoms with E-state index in [0.717, 1.165) is 21.7 Å². The van der Waals surface area contributed by atoms with Crippen molar-refractivity contribution >= 4 is 17.0 Å². The molecule has 0 fully saturated rings. The minimum Gasteiger partial charge on any atom is -0.398 e. The van der Waals surface area contributed by atoms with Crippen LogP contribution in [0.3, 0.4) is 0 Å². The highest BCUT2D eigenvalue weighted by Gasteiger charge is 2.13. The van der Waals surface area contributed by atoms with Crippen molar-refractivity contribution in [3.8, 4) is 22.2 Å². The molecule has 0 radical (unpaired) electrons. The van der Waals surface area contributed by atoms with E-state index >= 15 is 0 Å². The molecule has 0 aliphatic rings. The predicted octanol–water partition coefficient (Wildman–Crippen LogP) is 3.36. The number of nitrogens with two attached hydrogens (primary N) is 1. The van der Waals surface area contributed by atoms with E-state index in [1.54, 1.807) is 11.3 Å². The lowest BCUT2D eigenvalue weighted by Gasteiger charge is -2.02. The topological polar surface area (TPSA) is 64.9 Å². The van der Waals surface area contributed by atoms with Crippen molar-refractivity contribution in [3.63, 3.8) is 0 Å². The van der Waals surface area contributed by atoms with Gasteiger partial charge in [-0.3, -0.25) is 0 Å². The Morgan fingerprint density at radius 1 is 1.22 bits per heavy atom. The Hall–Kier alpha value is -2.14. The average Bonchev–Trinajstić information content (AvgIpc) is 3.01. The van der Waals surface area contributed by atoms with E-state index in [2.05, 4.69) is 10.1 Å². The van der Waals surface area contributed by atoms with Crippen molar-refractivity contribution in [2.45, 2.75) is 6.92 Å². The smallest absolute Gasteiger partial charge is 0.258 e. The lowest BCUT2D eigenvalue weighted by atomic mass is 10.1. The Kier molecular flexibility index (Phi) is 2.60. The second-order valence-corrected chi connectivity index (χ2v) is 4.87. The van der Waals surface area contributed by atoms with Gasteiger partial charge in [-0.1, -0.05) is 17.3 Å². The molecule has 0 atom stereocenters. The summed E-state index contributed by atoms with van der Waals surface area (Å²) >= 11 is 1.58. The molecule has 0 saturated heterocycles. The summed E-state index contributed by atoms with van der Waals surface area (Å²) < 4.78 is 5.30. The van der Waals surface area contributed by atoms with E-state index in [-0.39, 0.29) is 0 Å². The number of aromatic nitrogens is 2. The number of hydrogen-bond donors (Lipinski definition) is 1. The van der Waals surface area contributed by atoms with Gasteiger partial charge >= 0.3 is 0 Å². The van der Waals surface area contributed by atoms with Gasteiger partial charge in [0, 0.05) is 11.3 Å². The molecule has 3 aromatic rings. The van der Waals surface area contributed by atoms with Crippen LogP contribution in [0.1, 0.15) is 5.56 Å². The quantitative estimate of drug-likeness (QED) is 0.715. The van der Waals surface area contributed by atoms with Crippen molar-refractivity contribution in [1.29, 1.82) is 0 Å². The summed E-state index contributed by atoms with van der Waals surface area (Å²) in [7, 11) is 0. The first-order chi connectivity index (χ1) is 8.75. The average molecular weight is 257 g/mol. The highest BCUT2D eigenvalue weighted by Crippen LogP contribution is 2.28. The van der Waals surface area contributed by atoms with Crippen LogP contribution in [0.2, 0.25) is 0 Å². The molecule has 0 bridgehead atoms. The first-order valence-electron chi connectivity index (χ1n) is 5.49. The van der Waals surface area contributed by atoms with E-state index < -0.39 is 0 Å². The molecular formula is C13H11N3OS. The third kappa shape index (κ3) is 1.78. The largest absolute Gasteiger partial charge is 0.398 e. The normalized spacial score (nSPS) is 10.7. The van der Waals surface area contributed by atoms with E-state index in [1.165, 1.54) is 0 Å². The Morgan fingerprint density at radius 2 is 2.11 bits per heavy atom. The van der Waals surface area contributed by atoms with Gasteiger partial charge in [-0.05, 0) is 36.1 Å². The Labute approximate surface area is 108 Å². The van der Waals surface area contributed by atoms with Crippen molar-refractivity contribution in [2.75, 3.05) is 5.73 Å². The number of rotatable bonds is 2. The van der Waals surface area contributed by atoms with E-state index in [1.807, 2.05) is 42.6 Å². The number of hydrogen-bond acceptors (Lipinski definition) is 5. The number of anilines is 1. The first kappa shape index (κ1) is 11.0. The van der Waals surface area contributed by atoms with Gasteiger partial charge < -0.3 is 10.3 Å². The number of nitrogen functional groups attached to an aromatic ring is 1. The van der Waals surface area contributed by atoms with Gasteiger partial charge in [0.1, 0.15) is 0 Å². The molecule has 0 unspecified atom stereocenters. The van der Waals surface area contributed by atoms with Gasteiger partial charge in [0.15, 0.2) is 0 Å². The number of benzene rings is 1. The Bertz CT molecular complexity index is 673. The summed E-state index contributed by atoms with van der Waals surface area (Å²) in [6.45, 7) is 1.94. The van der Waals surface area contributed by atoms with Gasteiger partial charge in [0.25, 0.3) is 5.89 Å². The molecule has 90 valence electrons. The number of thiophene rings is 1. The maximum absolute atomic E-state index is 5.87. The molecule has 0 saturated carbocycles. The summed E-state index contributed by atoms with van der Waals surface area (Å²) in [4.78, 5) is 5.39. The highest BCUT2D eigenvalue weighted by molar-refractivity contribution is 7.13. The molecule has 2 aromatic heterocycles. The molecule has 2 heterocycles. The molecule has 1 aromatic carbocycles. The minimum absolute atomic E-state index is 0.503. The van der Waals surface area contributed by atoms with Gasteiger partial charge in [-0.15, -0.1) is 11.3 Å². The summed E-state index contributed by atoms with van der Waals surface area (Å²) in [5.41, 5.74) is 8.43. The third-order valence-corrected chi connectivity index (χ3v) is 3.64. The second-order valence-electron chi connectivity index (χ2n) is 3.92. The van der Waals surface area contributed by atoms with E-state index in [4.69, 9.17) is 10.3 Å². The molecular weight excluding hydrogens is 246 g/mol. The second kappa shape index (κ2) is 4.27. The molecule has 2 N–H and O–H groups in total. The fraction of sp³-hybridized carbons (Fsp3) is 0.0769. The molecule has 0 aliphatic carbocycles. The van der Waals surface area contributed by atoms with Crippen molar-refractivity contribution in [3.05, 3.63) is 41.3 Å². The highest BCUT2D eigenvalue weighted by atomic mass is 32.1. The van der Waals surface area contributed by atoms with Gasteiger partial charge in [0.2, 0.25) is 5.82 Å². The molecule has 4 nitrogen and oxygen atoms in total. The van der Waals surface area contributed by atoms with Crippen LogP contribution in [0, 0.1) is 6.92 Å². The zero-order valence-corrected chi connectivity index (χ0v) is 10.6. The van der Waals surface area contributed by atoms with Crippen LogP contribution in [0.25, 0.3) is 22.2 Å². The molecule has 0 spiro atoms. The summed E-state index contributed by atoms with van der Waals surface area (Å²) in [6.07, 6.45) is 0. The fourth-order valence-electron chi connectivity index (χ4n) is 1.72. The predicted molar refractivity (Wildman–Crippen MR) is 72.2 cm³/mol. The van der Waals surface area contributed by atoms with Crippen LogP contribution < -0.4 is 5.73 Å². The van der Waals surface area contributed by atoms with Crippen LogP contribution in [0.15, 0.2) is 40.2 Å². The molecule has 18 heavy (non-hydrogen) atoms. The Balaban J connectivity index is 2.06. The molecule has 0 amide bonds. The summed E-state index contributed by atoms with van der Waals surface area (Å²) in [5.74, 6) is 1.12. The number of nitrogens with zero attached hydrogens (tertiary/aromatic N) is 2. The van der Waals surface area contributed by atoms with Crippen molar-refractivity contribution < 1.29 is 4.52 Å². The molecule has 0 aliphatic heterocycles. The van der Waals surface area contributed by atoms with Crippen LogP contribution in [0.4, 0.5) is 5.69 Å². The zero-order valence-electron chi connectivity index (χ0n) is 9.75. The summed E-state index contributed by atoms with van der Waals surface area (Å²) in [6, 6.07) is 9.59. The van der Waals surface area contributed by atoms with Crippen LogP contribution in [-0.4, -0.2) is 10.1 Å². The van der Waals surface area contributed by atoms with Crippen LogP contribution >= 0.6 is 11.3 Å². The van der Waals surface area contributed by atoms with E-state index in [0.29, 0.717) is 11.7 Å². The molecule has 5 heteroatoms. The third-order valence-electron chi connectivity index (χ3n) is 2.77. The minimum atomic E-state index is 0.503. The van der Waals surface area contributed by atoms with Crippen LogP contribution in [-0.2, 0) is 0 Å². The zero-order chi connectivity index (χ0) is 12.5.